The Morgan fingerprint density at radius 2 is 1.76 bits per heavy atom. The molecular formula is C33H40Cl2F3N9O2. The Hall–Kier alpha value is -4.04. The third kappa shape index (κ3) is 8.07. The molecule has 16 heteroatoms. The lowest BCUT2D eigenvalue weighted by Crippen LogP contribution is -2.40. The Bertz CT molecular complexity index is 1860. The number of alkyl halides is 3. The summed E-state index contributed by atoms with van der Waals surface area (Å²) in [5.41, 5.74) is 1.51. The molecule has 3 N–H and O–H groups in total. The monoisotopic (exact) mass is 721 g/mol. The number of carbonyl (C=O) groups is 2. The van der Waals surface area contributed by atoms with Gasteiger partial charge in [-0.05, 0) is 43.4 Å². The van der Waals surface area contributed by atoms with E-state index < -0.39 is 29.5 Å². The summed E-state index contributed by atoms with van der Waals surface area (Å²) in [5, 5.41) is 9.65. The number of rotatable bonds is 9. The Morgan fingerprint density at radius 3 is 2.37 bits per heavy atom. The molecule has 1 fully saturated rings. The fourth-order valence-electron chi connectivity index (χ4n) is 5.74. The molecule has 3 heterocycles. The lowest BCUT2D eigenvalue weighted by atomic mass is 9.85. The number of carbonyl (C=O) groups excluding carboxylic acids is 2. The quantitative estimate of drug-likeness (QED) is 0.172. The van der Waals surface area contributed by atoms with Crippen molar-refractivity contribution in [1.82, 2.24) is 34.7 Å². The zero-order chi connectivity index (χ0) is 35.8. The van der Waals surface area contributed by atoms with Crippen LogP contribution in [-0.4, -0.2) is 55.2 Å². The normalized spacial score (nSPS) is 16.9. The van der Waals surface area contributed by atoms with Crippen molar-refractivity contribution in [3.63, 3.8) is 0 Å². The van der Waals surface area contributed by atoms with Gasteiger partial charge in [-0.1, -0.05) is 50.0 Å². The van der Waals surface area contributed by atoms with Crippen molar-refractivity contribution < 1.29 is 22.8 Å². The summed E-state index contributed by atoms with van der Waals surface area (Å²) < 4.78 is 43.3. The molecule has 11 nitrogen and oxygen atoms in total. The van der Waals surface area contributed by atoms with Gasteiger partial charge in [0, 0.05) is 51.5 Å². The van der Waals surface area contributed by atoms with Crippen LogP contribution >= 0.6 is 23.2 Å². The fourth-order valence-corrected chi connectivity index (χ4v) is 6.27. The number of anilines is 3. The number of hydrogen-bond donors (Lipinski definition) is 3. The smallest absolute Gasteiger partial charge is 0.352 e. The molecule has 0 radical (unpaired) electrons. The van der Waals surface area contributed by atoms with Crippen LogP contribution in [0, 0.1) is 11.3 Å². The molecule has 1 saturated carbocycles. The molecule has 0 unspecified atom stereocenters. The number of fused-ring (bicyclic) bond motifs is 1. The van der Waals surface area contributed by atoms with Crippen LogP contribution in [0.5, 0.6) is 0 Å². The zero-order valence-electron chi connectivity index (χ0n) is 28.2. The highest BCUT2D eigenvalue weighted by Gasteiger charge is 2.41. The number of amides is 2. The van der Waals surface area contributed by atoms with Gasteiger partial charge in [-0.3, -0.25) is 14.2 Å². The second-order valence-electron chi connectivity index (χ2n) is 13.5. The number of hydrogen-bond acceptors (Lipinski definition) is 7. The van der Waals surface area contributed by atoms with Gasteiger partial charge < -0.3 is 25.4 Å². The Labute approximate surface area is 292 Å². The lowest BCUT2D eigenvalue weighted by molar-refractivity contribution is -0.182. The maximum atomic E-state index is 13.8. The van der Waals surface area contributed by atoms with Gasteiger partial charge in [0.1, 0.15) is 17.2 Å². The molecule has 0 bridgehead atoms. The van der Waals surface area contributed by atoms with E-state index in [2.05, 4.69) is 20.9 Å². The van der Waals surface area contributed by atoms with E-state index >= 15 is 0 Å². The minimum Gasteiger partial charge on any atom is -0.352 e. The minimum absolute atomic E-state index is 0.0395. The number of benzene rings is 1. The second-order valence-corrected chi connectivity index (χ2v) is 14.3. The van der Waals surface area contributed by atoms with Crippen LogP contribution in [0.15, 0.2) is 30.6 Å². The summed E-state index contributed by atoms with van der Waals surface area (Å²) in [6.07, 6.45) is -0.386. The topological polar surface area (TPSA) is 122 Å². The van der Waals surface area contributed by atoms with Gasteiger partial charge in [-0.15, -0.1) is 0 Å². The number of aryl methyl sites for hydroxylation is 2. The van der Waals surface area contributed by atoms with Crippen molar-refractivity contribution in [1.29, 1.82) is 0 Å². The van der Waals surface area contributed by atoms with E-state index in [-0.39, 0.29) is 43.7 Å². The van der Waals surface area contributed by atoms with E-state index in [0.717, 1.165) is 5.82 Å². The molecular weight excluding hydrogens is 682 g/mol. The van der Waals surface area contributed by atoms with E-state index in [1.807, 2.05) is 38.6 Å². The first kappa shape index (κ1) is 36.2. The SMILES string of the molecule is CN(Cc1nccn1C)c1nc2c(cc1C(=O)NC1CCC(C(F)(F)F)CC1)nc(Nc1c(Cl)ccc(CNC(=O)C(C)(C)C)c1Cl)n2C. The van der Waals surface area contributed by atoms with E-state index in [4.69, 9.17) is 33.2 Å². The number of aromatic nitrogens is 5. The van der Waals surface area contributed by atoms with Crippen molar-refractivity contribution in [2.75, 3.05) is 17.3 Å². The molecule has 0 spiro atoms. The zero-order valence-corrected chi connectivity index (χ0v) is 29.7. The number of nitrogens with one attached hydrogen (secondary N) is 3. The number of imidazole rings is 2. The molecule has 0 atom stereocenters. The fraction of sp³-hybridized carbons (Fsp3) is 0.485. The third-order valence-electron chi connectivity index (χ3n) is 8.78. The Balaban J connectivity index is 1.46. The maximum Gasteiger partial charge on any atom is 0.391 e. The molecule has 0 aliphatic heterocycles. The van der Waals surface area contributed by atoms with Gasteiger partial charge in [-0.25, -0.2) is 15.0 Å². The standard InChI is InChI=1S/C33H40Cl2F3N9O2/c1-32(2,3)30(49)40-16-18-7-12-22(34)26(25(18)35)43-31-42-23-15-21(29(48)41-20-10-8-19(9-11-20)33(36,37)38)27(44-28(23)47(31)6)46(5)17-24-39-13-14-45(24)4/h7,12-15,19-20H,8-11,16-17H2,1-6H3,(H,40,49)(H,41,48)(H,42,43). The average Bonchev–Trinajstić information content (AvgIpc) is 3.57. The first-order chi connectivity index (χ1) is 22.9. The lowest BCUT2D eigenvalue weighted by Gasteiger charge is -2.30. The first-order valence-corrected chi connectivity index (χ1v) is 16.6. The summed E-state index contributed by atoms with van der Waals surface area (Å²) in [5.74, 6) is -0.532. The highest BCUT2D eigenvalue weighted by molar-refractivity contribution is 6.39. The third-order valence-corrected chi connectivity index (χ3v) is 9.53. The molecule has 3 aromatic heterocycles. The van der Waals surface area contributed by atoms with Crippen LogP contribution < -0.4 is 20.9 Å². The summed E-state index contributed by atoms with van der Waals surface area (Å²) in [7, 11) is 5.40. The van der Waals surface area contributed by atoms with Crippen molar-refractivity contribution in [3.8, 4) is 0 Å². The molecule has 1 aromatic carbocycles. The molecule has 1 aliphatic rings. The van der Waals surface area contributed by atoms with Crippen molar-refractivity contribution in [2.24, 2.45) is 25.4 Å². The molecule has 264 valence electrons. The summed E-state index contributed by atoms with van der Waals surface area (Å²) in [6, 6.07) is 4.63. The molecule has 4 aromatic rings. The van der Waals surface area contributed by atoms with E-state index in [9.17, 15) is 22.8 Å². The summed E-state index contributed by atoms with van der Waals surface area (Å²) in [6.45, 7) is 5.96. The molecule has 49 heavy (non-hydrogen) atoms. The maximum absolute atomic E-state index is 13.8. The number of halogens is 5. The Morgan fingerprint density at radius 1 is 1.06 bits per heavy atom. The average molecular weight is 723 g/mol. The van der Waals surface area contributed by atoms with Crippen molar-refractivity contribution >= 4 is 63.6 Å². The van der Waals surface area contributed by atoms with Gasteiger partial charge >= 0.3 is 6.18 Å². The predicted molar refractivity (Wildman–Crippen MR) is 184 cm³/mol. The summed E-state index contributed by atoms with van der Waals surface area (Å²) in [4.78, 5) is 42.0. The van der Waals surface area contributed by atoms with Crippen LogP contribution in [0.2, 0.25) is 10.0 Å². The number of pyridine rings is 1. The van der Waals surface area contributed by atoms with Gasteiger partial charge in [0.15, 0.2) is 5.65 Å². The van der Waals surface area contributed by atoms with Crippen LogP contribution in [-0.2, 0) is 32.0 Å². The van der Waals surface area contributed by atoms with Crippen LogP contribution in [0.25, 0.3) is 11.2 Å². The molecule has 0 saturated heterocycles. The van der Waals surface area contributed by atoms with Gasteiger partial charge in [0.05, 0.1) is 33.8 Å². The van der Waals surface area contributed by atoms with Crippen LogP contribution in [0.1, 0.15) is 68.2 Å². The van der Waals surface area contributed by atoms with E-state index in [1.54, 1.807) is 48.0 Å². The minimum atomic E-state index is -4.24. The van der Waals surface area contributed by atoms with E-state index in [0.29, 0.717) is 50.8 Å². The largest absolute Gasteiger partial charge is 0.391 e. The molecule has 2 amide bonds. The molecule has 1 aliphatic carbocycles. The number of nitrogens with zero attached hydrogens (tertiary/aromatic N) is 6. The second kappa shape index (κ2) is 14.1. The van der Waals surface area contributed by atoms with Gasteiger partial charge in [-0.2, -0.15) is 13.2 Å². The summed E-state index contributed by atoms with van der Waals surface area (Å²) >= 11 is 13.3. The van der Waals surface area contributed by atoms with Crippen molar-refractivity contribution in [3.05, 3.63) is 57.6 Å². The van der Waals surface area contributed by atoms with Crippen LogP contribution in [0.4, 0.5) is 30.6 Å². The van der Waals surface area contributed by atoms with Crippen LogP contribution in [0.3, 0.4) is 0 Å². The van der Waals surface area contributed by atoms with Crippen molar-refractivity contribution in [2.45, 2.75) is 71.8 Å². The van der Waals surface area contributed by atoms with Gasteiger partial charge in [0.25, 0.3) is 5.91 Å². The first-order valence-electron chi connectivity index (χ1n) is 15.9. The predicted octanol–water partition coefficient (Wildman–Crippen LogP) is 6.90. The van der Waals surface area contributed by atoms with E-state index in [1.165, 1.54) is 0 Å². The molecule has 5 rings (SSSR count). The highest BCUT2D eigenvalue weighted by atomic mass is 35.5. The Kier molecular flexibility index (Phi) is 10.4. The highest BCUT2D eigenvalue weighted by Crippen LogP contribution is 2.38. The van der Waals surface area contributed by atoms with Gasteiger partial charge in [0.2, 0.25) is 11.9 Å².